The Bertz CT molecular complexity index is 330. The molecule has 0 saturated carbocycles. The molecule has 0 aliphatic heterocycles. The van der Waals surface area contributed by atoms with Crippen LogP contribution in [0.5, 0.6) is 0 Å². The van der Waals surface area contributed by atoms with Crippen LogP contribution >= 0.6 is 11.6 Å². The summed E-state index contributed by atoms with van der Waals surface area (Å²) >= 11 is 5.52. The lowest BCUT2D eigenvalue weighted by atomic mass is 10.2. The minimum Gasteiger partial charge on any atom is -0.396 e. The number of nitrogens with two attached hydrogens (primary N) is 1. The SMILES string of the molecule is N#Cc1c(F)ccc(Cl)c1N. The van der Waals surface area contributed by atoms with Crippen LogP contribution in [-0.2, 0) is 0 Å². The van der Waals surface area contributed by atoms with Crippen LogP contribution in [0.15, 0.2) is 12.1 Å². The summed E-state index contributed by atoms with van der Waals surface area (Å²) in [6.45, 7) is 0. The minimum absolute atomic E-state index is 0.00540. The zero-order chi connectivity index (χ0) is 8.43. The third-order valence-corrected chi connectivity index (χ3v) is 1.58. The molecule has 56 valence electrons. The molecule has 0 aromatic heterocycles. The summed E-state index contributed by atoms with van der Waals surface area (Å²) in [5.74, 6) is -0.644. The first kappa shape index (κ1) is 7.83. The van der Waals surface area contributed by atoms with E-state index in [2.05, 4.69) is 0 Å². The van der Waals surface area contributed by atoms with Crippen LogP contribution in [0.2, 0.25) is 5.02 Å². The predicted molar refractivity (Wildman–Crippen MR) is 40.5 cm³/mol. The van der Waals surface area contributed by atoms with Crippen LogP contribution in [0, 0.1) is 17.1 Å². The van der Waals surface area contributed by atoms with Gasteiger partial charge in [0.25, 0.3) is 0 Å². The Labute approximate surface area is 68.0 Å². The van der Waals surface area contributed by atoms with E-state index in [1.807, 2.05) is 0 Å². The van der Waals surface area contributed by atoms with Crippen molar-refractivity contribution in [3.8, 4) is 6.07 Å². The van der Waals surface area contributed by atoms with E-state index in [9.17, 15) is 4.39 Å². The monoisotopic (exact) mass is 170 g/mol. The molecule has 0 unspecified atom stereocenters. The van der Waals surface area contributed by atoms with Gasteiger partial charge in [-0.05, 0) is 12.1 Å². The number of rotatable bonds is 0. The van der Waals surface area contributed by atoms with Gasteiger partial charge < -0.3 is 5.73 Å². The molecular formula is C7H4ClFN2. The first-order valence-electron chi connectivity index (χ1n) is 2.80. The first-order valence-corrected chi connectivity index (χ1v) is 3.18. The van der Waals surface area contributed by atoms with Gasteiger partial charge in [0.2, 0.25) is 0 Å². The second kappa shape index (κ2) is 2.77. The summed E-state index contributed by atoms with van der Waals surface area (Å²) < 4.78 is 12.7. The van der Waals surface area contributed by atoms with Crippen LogP contribution in [-0.4, -0.2) is 0 Å². The Kier molecular flexibility index (Phi) is 1.97. The molecule has 0 bridgehead atoms. The summed E-state index contributed by atoms with van der Waals surface area (Å²) in [4.78, 5) is 0. The number of benzene rings is 1. The van der Waals surface area contributed by atoms with Crippen molar-refractivity contribution in [1.29, 1.82) is 5.26 Å². The topological polar surface area (TPSA) is 49.8 Å². The van der Waals surface area contributed by atoms with Gasteiger partial charge in [0.15, 0.2) is 0 Å². The van der Waals surface area contributed by atoms with Crippen molar-refractivity contribution in [2.24, 2.45) is 0 Å². The average Bonchev–Trinajstić information content (AvgIpc) is 1.99. The van der Waals surface area contributed by atoms with Crippen molar-refractivity contribution in [2.45, 2.75) is 0 Å². The second-order valence-electron chi connectivity index (χ2n) is 1.93. The quantitative estimate of drug-likeness (QED) is 0.605. The predicted octanol–water partition coefficient (Wildman–Crippen LogP) is 1.93. The van der Waals surface area contributed by atoms with Gasteiger partial charge in [-0.25, -0.2) is 4.39 Å². The Morgan fingerprint density at radius 1 is 1.55 bits per heavy atom. The minimum atomic E-state index is -0.644. The number of halogens is 2. The van der Waals surface area contributed by atoms with Crippen LogP contribution in [0.1, 0.15) is 5.56 Å². The van der Waals surface area contributed by atoms with Crippen molar-refractivity contribution in [3.63, 3.8) is 0 Å². The van der Waals surface area contributed by atoms with Crippen molar-refractivity contribution in [3.05, 3.63) is 28.5 Å². The highest BCUT2D eigenvalue weighted by Crippen LogP contribution is 2.23. The summed E-state index contributed by atoms with van der Waals surface area (Å²) in [7, 11) is 0. The van der Waals surface area contributed by atoms with Gasteiger partial charge in [0.1, 0.15) is 17.4 Å². The maximum Gasteiger partial charge on any atom is 0.143 e. The Hall–Kier alpha value is -1.27. The fourth-order valence-corrected chi connectivity index (χ4v) is 0.839. The number of anilines is 1. The van der Waals surface area contributed by atoms with Gasteiger partial charge in [-0.2, -0.15) is 5.26 Å². The van der Waals surface area contributed by atoms with Gasteiger partial charge in [0, 0.05) is 0 Å². The third-order valence-electron chi connectivity index (χ3n) is 1.25. The number of nitriles is 1. The lowest BCUT2D eigenvalue weighted by Crippen LogP contribution is -1.94. The molecule has 1 aromatic carbocycles. The second-order valence-corrected chi connectivity index (χ2v) is 2.34. The molecule has 0 spiro atoms. The zero-order valence-electron chi connectivity index (χ0n) is 5.44. The zero-order valence-corrected chi connectivity index (χ0v) is 6.19. The van der Waals surface area contributed by atoms with Crippen LogP contribution in [0.3, 0.4) is 0 Å². The van der Waals surface area contributed by atoms with Crippen molar-refractivity contribution in [2.75, 3.05) is 5.73 Å². The average molecular weight is 171 g/mol. The van der Waals surface area contributed by atoms with Crippen LogP contribution in [0.25, 0.3) is 0 Å². The van der Waals surface area contributed by atoms with E-state index in [1.54, 1.807) is 6.07 Å². The number of hydrogen-bond acceptors (Lipinski definition) is 2. The smallest absolute Gasteiger partial charge is 0.143 e. The highest BCUT2D eigenvalue weighted by atomic mass is 35.5. The molecule has 0 atom stereocenters. The Morgan fingerprint density at radius 3 is 2.64 bits per heavy atom. The van der Waals surface area contributed by atoms with E-state index >= 15 is 0 Å². The van der Waals surface area contributed by atoms with Gasteiger partial charge >= 0.3 is 0 Å². The van der Waals surface area contributed by atoms with Crippen LogP contribution < -0.4 is 5.73 Å². The summed E-state index contributed by atoms with van der Waals surface area (Å²) in [6.07, 6.45) is 0. The molecule has 0 amide bonds. The molecule has 0 aliphatic rings. The molecule has 0 fully saturated rings. The van der Waals surface area contributed by atoms with E-state index < -0.39 is 5.82 Å². The van der Waals surface area contributed by atoms with Gasteiger partial charge in [-0.1, -0.05) is 11.6 Å². The molecule has 0 saturated heterocycles. The van der Waals surface area contributed by atoms with Crippen LogP contribution in [0.4, 0.5) is 10.1 Å². The molecule has 0 radical (unpaired) electrons. The number of nitrogens with zero attached hydrogens (tertiary/aromatic N) is 1. The number of nitrogen functional groups attached to an aromatic ring is 1. The largest absolute Gasteiger partial charge is 0.396 e. The molecule has 11 heavy (non-hydrogen) atoms. The molecule has 4 heteroatoms. The molecule has 0 aliphatic carbocycles. The van der Waals surface area contributed by atoms with Gasteiger partial charge in [-0.15, -0.1) is 0 Å². The molecule has 1 rings (SSSR count). The normalized spacial score (nSPS) is 9.18. The first-order chi connectivity index (χ1) is 5.16. The highest BCUT2D eigenvalue weighted by molar-refractivity contribution is 6.33. The van der Waals surface area contributed by atoms with E-state index in [1.165, 1.54) is 6.07 Å². The Morgan fingerprint density at radius 2 is 2.18 bits per heavy atom. The lowest BCUT2D eigenvalue weighted by Gasteiger charge is -1.99. The van der Waals surface area contributed by atoms with Gasteiger partial charge in [0.05, 0.1) is 10.7 Å². The van der Waals surface area contributed by atoms with E-state index in [4.69, 9.17) is 22.6 Å². The molecule has 0 heterocycles. The standard InChI is InChI=1S/C7H4ClFN2/c8-5-1-2-6(9)4(3-10)7(5)11/h1-2H,11H2. The fraction of sp³-hybridized carbons (Fsp3) is 0. The third kappa shape index (κ3) is 1.26. The van der Waals surface area contributed by atoms with Crippen molar-refractivity contribution < 1.29 is 4.39 Å². The molecule has 2 N–H and O–H groups in total. The van der Waals surface area contributed by atoms with E-state index in [-0.39, 0.29) is 16.3 Å². The van der Waals surface area contributed by atoms with Crippen molar-refractivity contribution in [1.82, 2.24) is 0 Å². The maximum atomic E-state index is 12.7. The lowest BCUT2D eigenvalue weighted by molar-refractivity contribution is 0.625. The fourth-order valence-electron chi connectivity index (χ4n) is 0.681. The molecule has 1 aromatic rings. The van der Waals surface area contributed by atoms with Gasteiger partial charge in [-0.3, -0.25) is 0 Å². The van der Waals surface area contributed by atoms with Crippen molar-refractivity contribution >= 4 is 17.3 Å². The number of hydrogen-bond donors (Lipinski definition) is 1. The summed E-state index contributed by atoms with van der Waals surface area (Å²) in [5.41, 5.74) is 5.10. The summed E-state index contributed by atoms with van der Waals surface area (Å²) in [6, 6.07) is 4.04. The maximum absolute atomic E-state index is 12.7. The van der Waals surface area contributed by atoms with E-state index in [0.29, 0.717) is 0 Å². The summed E-state index contributed by atoms with van der Waals surface area (Å²) in [5, 5.41) is 8.59. The van der Waals surface area contributed by atoms with E-state index in [0.717, 1.165) is 6.07 Å². The molecular weight excluding hydrogens is 167 g/mol. The molecule has 2 nitrogen and oxygen atoms in total. The Balaban J connectivity index is 3.44. The highest BCUT2D eigenvalue weighted by Gasteiger charge is 2.07.